The van der Waals surface area contributed by atoms with E-state index in [-0.39, 0.29) is 24.1 Å². The number of aliphatic hydroxyl groups is 1. The molecule has 0 bridgehead atoms. The molecule has 3 N–H and O–H groups in total. The van der Waals surface area contributed by atoms with E-state index in [0.29, 0.717) is 13.2 Å². The third-order valence-electron chi connectivity index (χ3n) is 4.24. The van der Waals surface area contributed by atoms with Gasteiger partial charge in [-0.3, -0.25) is 0 Å². The number of fused-ring (bicyclic) bond motifs is 1. The Balaban J connectivity index is 1.81. The monoisotopic (exact) mass is 320 g/mol. The molecule has 0 aromatic heterocycles. The number of para-hydroxylation sites is 1. The maximum absolute atomic E-state index is 12.1. The molecule has 1 aromatic rings. The zero-order valence-corrected chi connectivity index (χ0v) is 14.1. The molecule has 5 nitrogen and oxygen atoms in total. The van der Waals surface area contributed by atoms with Crippen molar-refractivity contribution in [2.24, 2.45) is 5.41 Å². The van der Waals surface area contributed by atoms with Crippen LogP contribution in [0.3, 0.4) is 0 Å². The van der Waals surface area contributed by atoms with Crippen molar-refractivity contribution in [1.29, 1.82) is 0 Å². The summed E-state index contributed by atoms with van der Waals surface area (Å²) in [5, 5.41) is 15.2. The Bertz CT molecular complexity index is 517. The van der Waals surface area contributed by atoms with Crippen LogP contribution < -0.4 is 15.4 Å². The van der Waals surface area contributed by atoms with Crippen molar-refractivity contribution in [1.82, 2.24) is 10.6 Å². The molecule has 1 aromatic carbocycles. The first-order valence-electron chi connectivity index (χ1n) is 8.39. The number of carbonyl (C=O) groups is 1. The largest absolute Gasteiger partial charge is 0.493 e. The van der Waals surface area contributed by atoms with E-state index in [1.165, 1.54) is 0 Å². The van der Waals surface area contributed by atoms with Crippen molar-refractivity contribution in [3.63, 3.8) is 0 Å². The lowest BCUT2D eigenvalue weighted by atomic mass is 9.89. The van der Waals surface area contributed by atoms with E-state index < -0.39 is 0 Å². The van der Waals surface area contributed by atoms with Gasteiger partial charge in [0.25, 0.3) is 0 Å². The first-order valence-corrected chi connectivity index (χ1v) is 8.39. The molecular formula is C18H28N2O3. The molecule has 0 radical (unpaired) electrons. The fourth-order valence-electron chi connectivity index (χ4n) is 2.73. The van der Waals surface area contributed by atoms with Crippen LogP contribution in [0.25, 0.3) is 0 Å². The van der Waals surface area contributed by atoms with Gasteiger partial charge in [0.1, 0.15) is 5.75 Å². The molecule has 0 spiro atoms. The van der Waals surface area contributed by atoms with Crippen molar-refractivity contribution >= 4 is 6.03 Å². The Labute approximate surface area is 138 Å². The number of aliphatic hydroxyl groups excluding tert-OH is 1. The molecule has 1 atom stereocenters. The number of benzene rings is 1. The molecule has 0 aliphatic carbocycles. The summed E-state index contributed by atoms with van der Waals surface area (Å²) in [4.78, 5) is 12.1. The number of ether oxygens (including phenoxy) is 1. The summed E-state index contributed by atoms with van der Waals surface area (Å²) in [5.74, 6) is 0.861. The van der Waals surface area contributed by atoms with Gasteiger partial charge < -0.3 is 20.5 Å². The second-order valence-corrected chi connectivity index (χ2v) is 6.91. The van der Waals surface area contributed by atoms with Gasteiger partial charge in [-0.05, 0) is 37.2 Å². The van der Waals surface area contributed by atoms with Crippen molar-refractivity contribution in [3.05, 3.63) is 29.8 Å². The molecule has 2 amide bonds. The molecule has 1 aliphatic rings. The molecule has 0 saturated heterocycles. The molecule has 2 rings (SSSR count). The molecule has 1 aliphatic heterocycles. The predicted molar refractivity (Wildman–Crippen MR) is 90.5 cm³/mol. The van der Waals surface area contributed by atoms with Crippen LogP contribution in [0.2, 0.25) is 0 Å². The first kappa shape index (κ1) is 17.6. The SMILES string of the molecule is CC(C)(CO)CCCNC(=O)NC1CCCOc2ccccc21. The normalized spacial score (nSPS) is 17.6. The van der Waals surface area contributed by atoms with Crippen LogP contribution in [0.1, 0.15) is 51.1 Å². The second-order valence-electron chi connectivity index (χ2n) is 6.91. The first-order chi connectivity index (χ1) is 11.0. The standard InChI is InChI=1S/C18H28N2O3/c1-18(2,13-21)10-6-11-19-17(22)20-15-8-5-12-23-16-9-4-3-7-14(15)16/h3-4,7,9,15,21H,5-6,8,10-13H2,1-2H3,(H2,19,20,22). The van der Waals surface area contributed by atoms with Gasteiger partial charge in [-0.25, -0.2) is 4.79 Å². The van der Waals surface area contributed by atoms with E-state index in [4.69, 9.17) is 4.74 Å². The highest BCUT2D eigenvalue weighted by molar-refractivity contribution is 5.74. The lowest BCUT2D eigenvalue weighted by molar-refractivity contribution is 0.148. The van der Waals surface area contributed by atoms with Crippen LogP contribution in [0.15, 0.2) is 24.3 Å². The Morgan fingerprint density at radius 3 is 2.96 bits per heavy atom. The summed E-state index contributed by atoms with van der Waals surface area (Å²) < 4.78 is 5.71. The van der Waals surface area contributed by atoms with Gasteiger partial charge >= 0.3 is 6.03 Å². The molecule has 1 heterocycles. The smallest absolute Gasteiger partial charge is 0.315 e. The average molecular weight is 320 g/mol. The third kappa shape index (κ3) is 5.43. The Hall–Kier alpha value is -1.75. The van der Waals surface area contributed by atoms with E-state index in [2.05, 4.69) is 10.6 Å². The van der Waals surface area contributed by atoms with Gasteiger partial charge in [-0.2, -0.15) is 0 Å². The van der Waals surface area contributed by atoms with E-state index in [1.807, 2.05) is 38.1 Å². The number of hydrogen-bond donors (Lipinski definition) is 3. The van der Waals surface area contributed by atoms with Gasteiger partial charge in [0.2, 0.25) is 0 Å². The molecule has 128 valence electrons. The van der Waals surface area contributed by atoms with Gasteiger partial charge in [0.15, 0.2) is 0 Å². The minimum absolute atomic E-state index is 0.0115. The summed E-state index contributed by atoms with van der Waals surface area (Å²) in [5.41, 5.74) is 0.956. The zero-order chi connectivity index (χ0) is 16.7. The Morgan fingerprint density at radius 2 is 2.17 bits per heavy atom. The lowest BCUT2D eigenvalue weighted by Crippen LogP contribution is -2.38. The number of urea groups is 1. The summed E-state index contributed by atoms with van der Waals surface area (Å²) >= 11 is 0. The lowest BCUT2D eigenvalue weighted by Gasteiger charge is -2.22. The Morgan fingerprint density at radius 1 is 1.39 bits per heavy atom. The minimum Gasteiger partial charge on any atom is -0.493 e. The zero-order valence-electron chi connectivity index (χ0n) is 14.1. The van der Waals surface area contributed by atoms with Crippen LogP contribution in [0.5, 0.6) is 5.75 Å². The van der Waals surface area contributed by atoms with E-state index in [9.17, 15) is 9.90 Å². The average Bonchev–Trinajstić information content (AvgIpc) is 2.74. The van der Waals surface area contributed by atoms with Crippen molar-refractivity contribution in [2.45, 2.75) is 45.6 Å². The van der Waals surface area contributed by atoms with Crippen LogP contribution in [-0.4, -0.2) is 30.9 Å². The fraction of sp³-hybridized carbons (Fsp3) is 0.611. The molecule has 5 heteroatoms. The molecule has 23 heavy (non-hydrogen) atoms. The highest BCUT2D eigenvalue weighted by Crippen LogP contribution is 2.31. The number of amides is 2. The molecular weight excluding hydrogens is 292 g/mol. The summed E-state index contributed by atoms with van der Waals surface area (Å²) in [6.45, 7) is 5.51. The molecule has 1 unspecified atom stereocenters. The highest BCUT2D eigenvalue weighted by atomic mass is 16.5. The van der Waals surface area contributed by atoms with E-state index in [1.54, 1.807) is 0 Å². The quantitative estimate of drug-likeness (QED) is 0.706. The third-order valence-corrected chi connectivity index (χ3v) is 4.24. The number of nitrogens with one attached hydrogen (secondary N) is 2. The summed E-state index contributed by atoms with van der Waals surface area (Å²) in [6, 6.07) is 7.72. The van der Waals surface area contributed by atoms with Gasteiger partial charge in [-0.15, -0.1) is 0 Å². The fourth-order valence-corrected chi connectivity index (χ4v) is 2.73. The van der Waals surface area contributed by atoms with Crippen molar-refractivity contribution < 1.29 is 14.6 Å². The van der Waals surface area contributed by atoms with E-state index >= 15 is 0 Å². The van der Waals surface area contributed by atoms with Crippen molar-refractivity contribution in [3.8, 4) is 5.75 Å². The second kappa shape index (κ2) is 8.20. The predicted octanol–water partition coefficient (Wildman–Crippen LogP) is 3.00. The maximum Gasteiger partial charge on any atom is 0.315 e. The molecule has 0 saturated carbocycles. The topological polar surface area (TPSA) is 70.6 Å². The molecule has 0 fully saturated rings. The van der Waals surface area contributed by atoms with Crippen LogP contribution >= 0.6 is 0 Å². The highest BCUT2D eigenvalue weighted by Gasteiger charge is 2.21. The van der Waals surface area contributed by atoms with Crippen LogP contribution in [0.4, 0.5) is 4.79 Å². The Kier molecular flexibility index (Phi) is 6.28. The maximum atomic E-state index is 12.1. The van der Waals surface area contributed by atoms with Gasteiger partial charge in [-0.1, -0.05) is 32.0 Å². The van der Waals surface area contributed by atoms with Crippen LogP contribution in [0, 0.1) is 5.41 Å². The summed E-state index contributed by atoms with van der Waals surface area (Å²) in [6.07, 6.45) is 3.53. The van der Waals surface area contributed by atoms with Crippen molar-refractivity contribution in [2.75, 3.05) is 19.8 Å². The van der Waals surface area contributed by atoms with Gasteiger partial charge in [0, 0.05) is 18.7 Å². The number of hydrogen-bond acceptors (Lipinski definition) is 3. The minimum atomic E-state index is -0.145. The summed E-state index contributed by atoms with van der Waals surface area (Å²) in [7, 11) is 0. The number of rotatable bonds is 6. The number of carbonyl (C=O) groups excluding carboxylic acids is 1. The van der Waals surface area contributed by atoms with E-state index in [0.717, 1.165) is 37.0 Å². The van der Waals surface area contributed by atoms with Crippen LogP contribution in [-0.2, 0) is 0 Å². The van der Waals surface area contributed by atoms with Gasteiger partial charge in [0.05, 0.1) is 12.6 Å².